The summed E-state index contributed by atoms with van der Waals surface area (Å²) in [5.74, 6) is 0. The second-order valence-corrected chi connectivity index (χ2v) is 7.53. The van der Waals surface area contributed by atoms with Crippen molar-refractivity contribution in [3.8, 4) is 0 Å². The summed E-state index contributed by atoms with van der Waals surface area (Å²) in [6.07, 6.45) is 3.69. The number of allylic oxidation sites excluding steroid dienone is 1. The van der Waals surface area contributed by atoms with E-state index in [-0.39, 0.29) is 0 Å². The van der Waals surface area contributed by atoms with Crippen LogP contribution in [-0.2, 0) is 4.43 Å². The summed E-state index contributed by atoms with van der Waals surface area (Å²) >= 11 is 0. The summed E-state index contributed by atoms with van der Waals surface area (Å²) < 4.78 is 6.14. The highest BCUT2D eigenvalue weighted by molar-refractivity contribution is 7.01. The molecule has 2 rings (SSSR count). The second kappa shape index (κ2) is 6.21. The van der Waals surface area contributed by atoms with Gasteiger partial charge in [0, 0.05) is 0 Å². The quantitative estimate of drug-likeness (QED) is 0.597. The van der Waals surface area contributed by atoms with Crippen LogP contribution in [0.3, 0.4) is 0 Å². The van der Waals surface area contributed by atoms with Gasteiger partial charge in [-0.05, 0) is 17.3 Å². The van der Waals surface area contributed by atoms with Gasteiger partial charge in [0.05, 0.1) is 6.26 Å². The van der Waals surface area contributed by atoms with E-state index in [0.29, 0.717) is 0 Å². The topological polar surface area (TPSA) is 9.23 Å². The number of hydrogen-bond donors (Lipinski definition) is 0. The van der Waals surface area contributed by atoms with Crippen molar-refractivity contribution < 1.29 is 4.43 Å². The minimum atomic E-state index is -2.37. The van der Waals surface area contributed by atoms with Gasteiger partial charge in [-0.2, -0.15) is 0 Å². The fraction of sp³-hybridized carbons (Fsp3) is 0.0588. The molecule has 2 heteroatoms. The largest absolute Gasteiger partial charge is 0.537 e. The van der Waals surface area contributed by atoms with Crippen LogP contribution in [0.25, 0.3) is 0 Å². The van der Waals surface area contributed by atoms with Gasteiger partial charge in [0.1, 0.15) is 0 Å². The lowest BCUT2D eigenvalue weighted by atomic mass is 10.4. The van der Waals surface area contributed by atoms with Gasteiger partial charge in [-0.15, -0.1) is 6.58 Å². The fourth-order valence-electron chi connectivity index (χ4n) is 2.13. The van der Waals surface area contributed by atoms with Gasteiger partial charge in [-0.3, -0.25) is 0 Å². The van der Waals surface area contributed by atoms with Gasteiger partial charge >= 0.3 is 8.32 Å². The average Bonchev–Trinajstić information content (AvgIpc) is 2.51. The smallest absolute Gasteiger partial charge is 0.338 e. The van der Waals surface area contributed by atoms with Crippen LogP contribution in [0.1, 0.15) is 6.92 Å². The molecule has 0 aliphatic rings. The van der Waals surface area contributed by atoms with Crippen LogP contribution in [0.5, 0.6) is 0 Å². The van der Waals surface area contributed by atoms with Gasteiger partial charge < -0.3 is 4.43 Å². The standard InChI is InChI=1S/C17H18OSi/c1-3-15-18-19(4-2,16-11-7-5-8-12-16)17-13-9-6-10-14-17/h3-15H,2H2,1H3. The molecule has 0 aliphatic carbocycles. The van der Waals surface area contributed by atoms with Crippen LogP contribution < -0.4 is 10.4 Å². The van der Waals surface area contributed by atoms with E-state index < -0.39 is 8.32 Å². The van der Waals surface area contributed by atoms with E-state index in [4.69, 9.17) is 4.43 Å². The van der Waals surface area contributed by atoms with Gasteiger partial charge in [0.25, 0.3) is 0 Å². The fourth-order valence-corrected chi connectivity index (χ4v) is 5.03. The Labute approximate surface area is 116 Å². The molecule has 0 heterocycles. The second-order valence-electron chi connectivity index (χ2n) is 4.26. The van der Waals surface area contributed by atoms with E-state index in [2.05, 4.69) is 30.8 Å². The Balaban J connectivity index is 2.58. The molecule has 0 saturated carbocycles. The Kier molecular flexibility index (Phi) is 4.37. The maximum absolute atomic E-state index is 6.14. The summed E-state index contributed by atoms with van der Waals surface area (Å²) in [5.41, 5.74) is 1.98. The first-order chi connectivity index (χ1) is 9.33. The molecule has 0 unspecified atom stereocenters. The molecule has 0 radical (unpaired) electrons. The summed E-state index contributed by atoms with van der Waals surface area (Å²) in [7, 11) is -2.37. The molecule has 0 aromatic heterocycles. The van der Waals surface area contributed by atoms with Crippen molar-refractivity contribution in [2.45, 2.75) is 6.92 Å². The van der Waals surface area contributed by atoms with Gasteiger partial charge in [-0.1, -0.05) is 72.4 Å². The van der Waals surface area contributed by atoms with Gasteiger partial charge in [-0.25, -0.2) is 0 Å². The maximum atomic E-state index is 6.14. The van der Waals surface area contributed by atoms with E-state index in [1.54, 1.807) is 6.26 Å². The Morgan fingerprint density at radius 3 is 1.74 bits per heavy atom. The highest BCUT2D eigenvalue weighted by Crippen LogP contribution is 2.09. The molecule has 0 fully saturated rings. The van der Waals surface area contributed by atoms with Crippen molar-refractivity contribution in [2.75, 3.05) is 0 Å². The Bertz CT molecular complexity index is 506. The van der Waals surface area contributed by atoms with Crippen LogP contribution >= 0.6 is 0 Å². The van der Waals surface area contributed by atoms with Crippen molar-refractivity contribution in [1.82, 2.24) is 0 Å². The molecule has 96 valence electrons. The van der Waals surface area contributed by atoms with E-state index >= 15 is 0 Å². The van der Waals surface area contributed by atoms with Gasteiger partial charge in [0.15, 0.2) is 0 Å². The average molecular weight is 266 g/mol. The van der Waals surface area contributed by atoms with Crippen molar-refractivity contribution >= 4 is 18.7 Å². The molecule has 0 amide bonds. The monoisotopic (exact) mass is 266 g/mol. The minimum Gasteiger partial charge on any atom is -0.537 e. The van der Waals surface area contributed by atoms with Crippen LogP contribution in [0.2, 0.25) is 0 Å². The number of hydrogen-bond acceptors (Lipinski definition) is 1. The molecule has 0 atom stereocenters. The van der Waals surface area contributed by atoms with Crippen LogP contribution in [-0.4, -0.2) is 8.32 Å². The molecule has 0 N–H and O–H groups in total. The Hall–Kier alpha value is -2.06. The molecule has 2 aromatic carbocycles. The van der Waals surface area contributed by atoms with Crippen molar-refractivity contribution in [1.29, 1.82) is 0 Å². The Morgan fingerprint density at radius 1 is 0.895 bits per heavy atom. The molecule has 0 saturated heterocycles. The third-order valence-electron chi connectivity index (χ3n) is 3.08. The number of rotatable bonds is 5. The first kappa shape index (κ1) is 13.4. The lowest BCUT2D eigenvalue weighted by Crippen LogP contribution is -2.58. The minimum absolute atomic E-state index is 1.20. The van der Waals surface area contributed by atoms with E-state index in [1.807, 2.05) is 55.1 Å². The molecule has 19 heavy (non-hydrogen) atoms. The van der Waals surface area contributed by atoms with E-state index in [1.165, 1.54) is 10.4 Å². The third-order valence-corrected chi connectivity index (χ3v) is 6.55. The molecule has 1 nitrogen and oxygen atoms in total. The zero-order chi connectivity index (χ0) is 13.6. The zero-order valence-corrected chi connectivity index (χ0v) is 12.1. The highest BCUT2D eigenvalue weighted by atomic mass is 28.4. The van der Waals surface area contributed by atoms with Crippen molar-refractivity contribution in [2.24, 2.45) is 0 Å². The van der Waals surface area contributed by atoms with Crippen LogP contribution in [0.15, 0.2) is 85.3 Å². The maximum Gasteiger partial charge on any atom is 0.338 e. The normalized spacial score (nSPS) is 11.4. The summed E-state index contributed by atoms with van der Waals surface area (Å²) in [4.78, 5) is 0. The Morgan fingerprint density at radius 2 is 1.37 bits per heavy atom. The van der Waals surface area contributed by atoms with Gasteiger partial charge in [0.2, 0.25) is 0 Å². The first-order valence-corrected chi connectivity index (χ1v) is 8.35. The lowest BCUT2D eigenvalue weighted by Gasteiger charge is -2.27. The molecular formula is C17H18OSi. The van der Waals surface area contributed by atoms with Crippen LogP contribution in [0, 0.1) is 0 Å². The van der Waals surface area contributed by atoms with E-state index in [0.717, 1.165) is 0 Å². The summed E-state index contributed by atoms with van der Waals surface area (Å²) in [6, 6.07) is 20.7. The SMILES string of the molecule is C=C[Si](OC=CC)(c1ccccc1)c1ccccc1. The molecule has 0 bridgehead atoms. The number of benzene rings is 2. The lowest BCUT2D eigenvalue weighted by molar-refractivity contribution is 0.495. The third kappa shape index (κ3) is 2.69. The summed E-state index contributed by atoms with van der Waals surface area (Å²) in [6.45, 7) is 6.00. The van der Waals surface area contributed by atoms with Crippen LogP contribution in [0.4, 0.5) is 0 Å². The molecule has 2 aromatic rings. The molecule has 0 aliphatic heterocycles. The van der Waals surface area contributed by atoms with Crippen molar-refractivity contribution in [3.05, 3.63) is 85.3 Å². The van der Waals surface area contributed by atoms with E-state index in [9.17, 15) is 0 Å². The molecule has 0 spiro atoms. The predicted octanol–water partition coefficient (Wildman–Crippen LogP) is 3.02. The summed E-state index contributed by atoms with van der Waals surface area (Å²) in [5, 5.41) is 2.41. The first-order valence-electron chi connectivity index (χ1n) is 6.37. The van der Waals surface area contributed by atoms with Crippen molar-refractivity contribution in [3.63, 3.8) is 0 Å². The molecular weight excluding hydrogens is 248 g/mol. The zero-order valence-electron chi connectivity index (χ0n) is 11.1. The highest BCUT2D eigenvalue weighted by Gasteiger charge is 2.37. The predicted molar refractivity (Wildman–Crippen MR) is 84.0 cm³/mol.